The number of carbonyl (C=O) groups is 2. The predicted molar refractivity (Wildman–Crippen MR) is 75.0 cm³/mol. The van der Waals surface area contributed by atoms with Crippen molar-refractivity contribution in [1.82, 2.24) is 0 Å². The van der Waals surface area contributed by atoms with E-state index in [0.717, 1.165) is 0 Å². The van der Waals surface area contributed by atoms with Crippen LogP contribution in [0.3, 0.4) is 0 Å². The summed E-state index contributed by atoms with van der Waals surface area (Å²) in [4.78, 5) is 23.2. The summed E-state index contributed by atoms with van der Waals surface area (Å²) in [6, 6.07) is 0. The average molecular weight is 272 g/mol. The molecule has 0 saturated heterocycles. The molecule has 112 valence electrons. The lowest BCUT2D eigenvalue weighted by atomic mass is 9.71. The smallest absolute Gasteiger partial charge is 0.247 e. The summed E-state index contributed by atoms with van der Waals surface area (Å²) in [5, 5.41) is 10.1. The van der Waals surface area contributed by atoms with Crippen molar-refractivity contribution >= 4 is 11.8 Å². The van der Waals surface area contributed by atoms with Crippen molar-refractivity contribution in [3.63, 3.8) is 0 Å². The molecular weight excluding hydrogens is 244 g/mol. The molecule has 1 unspecified atom stereocenters. The molecule has 0 aliphatic rings. The zero-order valence-corrected chi connectivity index (χ0v) is 12.5. The van der Waals surface area contributed by atoms with Crippen molar-refractivity contribution in [3.05, 3.63) is 0 Å². The number of nitrogens with two attached hydrogens (primary N) is 2. The van der Waals surface area contributed by atoms with Crippen molar-refractivity contribution in [2.24, 2.45) is 28.7 Å². The third-order valence-corrected chi connectivity index (χ3v) is 3.62. The molecule has 2 amide bonds. The van der Waals surface area contributed by atoms with E-state index in [4.69, 9.17) is 11.5 Å². The van der Waals surface area contributed by atoms with Gasteiger partial charge < -0.3 is 16.6 Å². The number of rotatable bonds is 9. The van der Waals surface area contributed by atoms with Crippen molar-refractivity contribution in [1.29, 1.82) is 0 Å². The molecule has 0 heterocycles. The van der Waals surface area contributed by atoms with Crippen LogP contribution in [0.5, 0.6) is 0 Å². The molecule has 0 radical (unpaired) electrons. The largest absolute Gasteiger partial charge is 0.382 e. The summed E-state index contributed by atoms with van der Waals surface area (Å²) < 4.78 is 0. The average Bonchev–Trinajstić information content (AvgIpc) is 2.27. The first-order chi connectivity index (χ1) is 8.63. The highest BCUT2D eigenvalue weighted by atomic mass is 16.3. The molecule has 0 saturated carbocycles. The van der Waals surface area contributed by atoms with Gasteiger partial charge in [0.1, 0.15) is 6.10 Å². The summed E-state index contributed by atoms with van der Waals surface area (Å²) in [6.07, 6.45) is 0.687. The van der Waals surface area contributed by atoms with Gasteiger partial charge in [0.2, 0.25) is 11.8 Å². The number of hydrogen-bond acceptors (Lipinski definition) is 3. The van der Waals surface area contributed by atoms with Crippen LogP contribution in [0.2, 0.25) is 0 Å². The molecule has 1 atom stereocenters. The van der Waals surface area contributed by atoms with Gasteiger partial charge >= 0.3 is 0 Å². The first-order valence-electron chi connectivity index (χ1n) is 6.90. The van der Waals surface area contributed by atoms with Crippen LogP contribution in [0, 0.1) is 17.3 Å². The van der Waals surface area contributed by atoms with Crippen LogP contribution in [0.25, 0.3) is 0 Å². The summed E-state index contributed by atoms with van der Waals surface area (Å²) in [5.74, 6) is -0.804. The minimum absolute atomic E-state index is 0.359. The van der Waals surface area contributed by atoms with Gasteiger partial charge in [-0.05, 0) is 37.5 Å². The Morgan fingerprint density at radius 1 is 1.00 bits per heavy atom. The van der Waals surface area contributed by atoms with Gasteiger partial charge in [0.25, 0.3) is 0 Å². The Balaban J connectivity index is 5.21. The third kappa shape index (κ3) is 5.19. The molecule has 0 aromatic rings. The molecule has 5 nitrogen and oxygen atoms in total. The molecule has 5 heteroatoms. The lowest BCUT2D eigenvalue weighted by Crippen LogP contribution is -2.52. The van der Waals surface area contributed by atoms with E-state index in [-0.39, 0.29) is 0 Å². The number of aliphatic hydroxyl groups is 1. The number of amides is 2. The lowest BCUT2D eigenvalue weighted by molar-refractivity contribution is -0.147. The van der Waals surface area contributed by atoms with E-state index in [1.165, 1.54) is 0 Å². The predicted octanol–water partition coefficient (Wildman–Crippen LogP) is 1.18. The van der Waals surface area contributed by atoms with Crippen molar-refractivity contribution < 1.29 is 14.7 Å². The fourth-order valence-corrected chi connectivity index (χ4v) is 2.14. The maximum Gasteiger partial charge on any atom is 0.247 e. The zero-order chi connectivity index (χ0) is 15.2. The minimum atomic E-state index is -1.51. The van der Waals surface area contributed by atoms with Crippen molar-refractivity contribution in [2.75, 3.05) is 0 Å². The van der Waals surface area contributed by atoms with E-state index in [9.17, 15) is 14.7 Å². The highest BCUT2D eigenvalue weighted by Crippen LogP contribution is 2.36. The van der Waals surface area contributed by atoms with Crippen LogP contribution < -0.4 is 11.5 Å². The van der Waals surface area contributed by atoms with E-state index in [1.807, 2.05) is 27.7 Å². The van der Waals surface area contributed by atoms with E-state index in [0.29, 0.717) is 37.5 Å². The molecule has 5 N–H and O–H groups in total. The Kier molecular flexibility index (Phi) is 7.05. The molecule has 0 aliphatic heterocycles. The molecule has 0 aliphatic carbocycles. The molecule has 0 fully saturated rings. The molecule has 0 rings (SSSR count). The van der Waals surface area contributed by atoms with Crippen molar-refractivity contribution in [3.8, 4) is 0 Å². The highest BCUT2D eigenvalue weighted by Gasteiger charge is 2.45. The Morgan fingerprint density at radius 2 is 1.37 bits per heavy atom. The van der Waals surface area contributed by atoms with Crippen LogP contribution >= 0.6 is 0 Å². The van der Waals surface area contributed by atoms with Crippen molar-refractivity contribution in [2.45, 2.75) is 59.5 Å². The van der Waals surface area contributed by atoms with Gasteiger partial charge in [0.05, 0.1) is 5.41 Å². The maximum absolute atomic E-state index is 11.8. The van der Waals surface area contributed by atoms with Crippen LogP contribution in [0.1, 0.15) is 53.4 Å². The SMILES string of the molecule is CC(C)CCC(CCC(C)C)(C(N)=O)C(O)C(N)=O. The van der Waals surface area contributed by atoms with Gasteiger partial charge in [-0.1, -0.05) is 27.7 Å². The lowest BCUT2D eigenvalue weighted by Gasteiger charge is -2.34. The van der Waals surface area contributed by atoms with Gasteiger partial charge in [-0.3, -0.25) is 9.59 Å². The first-order valence-corrected chi connectivity index (χ1v) is 6.90. The fourth-order valence-electron chi connectivity index (χ4n) is 2.14. The van der Waals surface area contributed by atoms with Gasteiger partial charge in [0, 0.05) is 0 Å². The zero-order valence-electron chi connectivity index (χ0n) is 12.5. The molecule has 19 heavy (non-hydrogen) atoms. The minimum Gasteiger partial charge on any atom is -0.382 e. The second-order valence-corrected chi connectivity index (χ2v) is 6.19. The van der Waals surface area contributed by atoms with E-state index >= 15 is 0 Å². The van der Waals surface area contributed by atoms with Gasteiger partial charge in [-0.25, -0.2) is 0 Å². The highest BCUT2D eigenvalue weighted by molar-refractivity contribution is 5.90. The van der Waals surface area contributed by atoms with Crippen LogP contribution in [0.15, 0.2) is 0 Å². The molecular formula is C14H28N2O3. The molecule has 0 spiro atoms. The second kappa shape index (κ2) is 7.48. The summed E-state index contributed by atoms with van der Waals surface area (Å²) in [6.45, 7) is 8.07. The number of primary amides is 2. The number of hydrogen-bond donors (Lipinski definition) is 3. The standard InChI is InChI=1S/C14H28N2O3/c1-9(2)5-7-14(13(16)19,8-6-10(3)4)11(17)12(15)18/h9-11,17H,5-8H2,1-4H3,(H2,15,18)(H2,16,19). The fraction of sp³-hybridized carbons (Fsp3) is 0.857. The molecule has 0 aromatic heterocycles. The van der Waals surface area contributed by atoms with Gasteiger partial charge in [0.15, 0.2) is 0 Å². The maximum atomic E-state index is 11.8. The Labute approximate surface area is 115 Å². The monoisotopic (exact) mass is 272 g/mol. The van der Waals surface area contributed by atoms with Gasteiger partial charge in [-0.2, -0.15) is 0 Å². The normalized spacial score (nSPS) is 13.8. The Morgan fingerprint density at radius 3 is 1.58 bits per heavy atom. The summed E-state index contributed by atoms with van der Waals surface area (Å²) in [5.41, 5.74) is 9.42. The molecule has 0 aromatic carbocycles. The first kappa shape index (κ1) is 17.9. The van der Waals surface area contributed by atoms with Crippen LogP contribution in [-0.2, 0) is 9.59 Å². The van der Waals surface area contributed by atoms with E-state index in [2.05, 4.69) is 0 Å². The summed E-state index contributed by atoms with van der Waals surface area (Å²) in [7, 11) is 0. The number of aliphatic hydroxyl groups excluding tert-OH is 1. The Hall–Kier alpha value is -1.10. The Bertz CT molecular complexity index is 302. The third-order valence-electron chi connectivity index (χ3n) is 3.62. The topological polar surface area (TPSA) is 106 Å². The van der Waals surface area contributed by atoms with E-state index < -0.39 is 23.3 Å². The summed E-state index contributed by atoms with van der Waals surface area (Å²) >= 11 is 0. The van der Waals surface area contributed by atoms with Crippen LogP contribution in [-0.4, -0.2) is 23.0 Å². The van der Waals surface area contributed by atoms with Crippen LogP contribution in [0.4, 0.5) is 0 Å². The van der Waals surface area contributed by atoms with E-state index in [1.54, 1.807) is 0 Å². The van der Waals surface area contributed by atoms with Gasteiger partial charge in [-0.15, -0.1) is 0 Å². The number of carbonyl (C=O) groups excluding carboxylic acids is 2. The second-order valence-electron chi connectivity index (χ2n) is 6.19. The molecule has 0 bridgehead atoms. The quantitative estimate of drug-likeness (QED) is 0.586.